The number of benzene rings is 1. The molecule has 104 valence electrons. The summed E-state index contributed by atoms with van der Waals surface area (Å²) in [7, 11) is 0. The van der Waals surface area contributed by atoms with Gasteiger partial charge in [0, 0.05) is 18.1 Å². The number of urea groups is 1. The Morgan fingerprint density at radius 2 is 1.84 bits per heavy atom. The Balaban J connectivity index is 2.29. The average Bonchev–Trinajstić information content (AvgIpc) is 2.36. The van der Waals surface area contributed by atoms with Crippen molar-refractivity contribution >= 4 is 23.6 Å². The number of carboxylic acid groups (broad SMARTS) is 1. The third-order valence-electron chi connectivity index (χ3n) is 2.34. The molecule has 1 atom stereocenters. The van der Waals surface area contributed by atoms with Gasteiger partial charge in [0.05, 0.1) is 12.5 Å². The normalized spacial score (nSPS) is 11.7. The van der Waals surface area contributed by atoms with Crippen LogP contribution in [-0.4, -0.2) is 35.3 Å². The third-order valence-corrected chi connectivity index (χ3v) is 2.59. The van der Waals surface area contributed by atoms with E-state index in [9.17, 15) is 14.7 Å². The topological polar surface area (TPSA) is 98.7 Å². The van der Waals surface area contributed by atoms with Crippen molar-refractivity contribution in [3.05, 3.63) is 34.9 Å². The van der Waals surface area contributed by atoms with Crippen molar-refractivity contribution < 1.29 is 19.8 Å². The molecule has 6 nitrogen and oxygen atoms in total. The maximum atomic E-state index is 11.3. The first kappa shape index (κ1) is 15.3. The van der Waals surface area contributed by atoms with E-state index in [0.717, 1.165) is 0 Å². The van der Waals surface area contributed by atoms with Crippen molar-refractivity contribution in [3.8, 4) is 0 Å². The molecule has 0 bridgehead atoms. The fourth-order valence-corrected chi connectivity index (χ4v) is 1.46. The molecule has 0 unspecified atom stereocenters. The van der Waals surface area contributed by atoms with Crippen LogP contribution in [0.4, 0.5) is 4.79 Å². The quantitative estimate of drug-likeness (QED) is 0.630. The van der Waals surface area contributed by atoms with Crippen LogP contribution in [0.5, 0.6) is 0 Å². The summed E-state index contributed by atoms with van der Waals surface area (Å²) >= 11 is 5.72. The lowest BCUT2D eigenvalue weighted by Crippen LogP contribution is -2.38. The van der Waals surface area contributed by atoms with Gasteiger partial charge in [-0.3, -0.25) is 4.79 Å². The number of carbonyl (C=O) groups is 2. The van der Waals surface area contributed by atoms with Gasteiger partial charge in [0.2, 0.25) is 0 Å². The molecule has 19 heavy (non-hydrogen) atoms. The van der Waals surface area contributed by atoms with Crippen LogP contribution >= 0.6 is 11.6 Å². The molecule has 0 spiro atoms. The first-order valence-electron chi connectivity index (χ1n) is 5.66. The van der Waals surface area contributed by atoms with Crippen LogP contribution in [0.1, 0.15) is 18.1 Å². The van der Waals surface area contributed by atoms with Crippen LogP contribution in [0.25, 0.3) is 0 Å². The highest BCUT2D eigenvalue weighted by atomic mass is 35.5. The van der Waals surface area contributed by atoms with Gasteiger partial charge in [-0.2, -0.15) is 0 Å². The molecule has 2 amide bonds. The Kier molecular flexibility index (Phi) is 6.11. The molecule has 0 saturated heterocycles. The first-order chi connectivity index (χ1) is 8.99. The summed E-state index contributed by atoms with van der Waals surface area (Å²) in [6.07, 6.45) is -0.991. The molecule has 0 heterocycles. The second-order valence-electron chi connectivity index (χ2n) is 3.85. The van der Waals surface area contributed by atoms with Crippen molar-refractivity contribution in [2.45, 2.75) is 12.5 Å². The van der Waals surface area contributed by atoms with Crippen LogP contribution < -0.4 is 10.6 Å². The number of hydrogen-bond donors (Lipinski definition) is 4. The Bertz CT molecular complexity index is 436. The molecule has 1 rings (SSSR count). The number of aliphatic carboxylic acids is 1. The number of carboxylic acids is 1. The second kappa shape index (κ2) is 7.60. The predicted molar refractivity (Wildman–Crippen MR) is 70.1 cm³/mol. The summed E-state index contributed by atoms with van der Waals surface area (Å²) in [5.41, 5.74) is 0.634. The molecule has 0 aliphatic heterocycles. The predicted octanol–water partition coefficient (Wildman–Crippen LogP) is 1.15. The van der Waals surface area contributed by atoms with Crippen molar-refractivity contribution in [1.82, 2.24) is 10.6 Å². The number of amides is 2. The summed E-state index contributed by atoms with van der Waals surface area (Å²) in [5.74, 6) is -0.985. The zero-order valence-corrected chi connectivity index (χ0v) is 10.9. The zero-order chi connectivity index (χ0) is 14.3. The Hall–Kier alpha value is -1.79. The van der Waals surface area contributed by atoms with Crippen LogP contribution in [0.15, 0.2) is 24.3 Å². The Labute approximate surface area is 115 Å². The molecule has 4 N–H and O–H groups in total. The summed E-state index contributed by atoms with van der Waals surface area (Å²) in [4.78, 5) is 21.5. The smallest absolute Gasteiger partial charge is 0.314 e. The minimum Gasteiger partial charge on any atom is -0.481 e. The van der Waals surface area contributed by atoms with E-state index in [1.165, 1.54) is 0 Å². The van der Waals surface area contributed by atoms with E-state index < -0.39 is 18.1 Å². The number of hydrogen-bond acceptors (Lipinski definition) is 3. The van der Waals surface area contributed by atoms with Gasteiger partial charge in [0.1, 0.15) is 0 Å². The summed E-state index contributed by atoms with van der Waals surface area (Å²) in [5, 5.41) is 23.6. The Morgan fingerprint density at radius 1 is 1.21 bits per heavy atom. The van der Waals surface area contributed by atoms with Gasteiger partial charge in [-0.1, -0.05) is 23.7 Å². The highest BCUT2D eigenvalue weighted by Gasteiger charge is 2.09. The maximum Gasteiger partial charge on any atom is 0.314 e. The fourth-order valence-electron chi connectivity index (χ4n) is 1.34. The van der Waals surface area contributed by atoms with Gasteiger partial charge in [-0.15, -0.1) is 0 Å². The largest absolute Gasteiger partial charge is 0.481 e. The van der Waals surface area contributed by atoms with E-state index in [2.05, 4.69) is 10.6 Å². The lowest BCUT2D eigenvalue weighted by Gasteiger charge is -2.12. The third kappa shape index (κ3) is 6.08. The van der Waals surface area contributed by atoms with Crippen LogP contribution in [0.3, 0.4) is 0 Å². The van der Waals surface area contributed by atoms with Crippen LogP contribution in [-0.2, 0) is 4.79 Å². The standard InChI is InChI=1S/C12H15ClN2O4/c13-9-3-1-8(2-4-9)10(16)7-15-12(19)14-6-5-11(17)18/h1-4,10,16H,5-7H2,(H,17,18)(H2,14,15,19)/t10-/m1/s1. The number of rotatable bonds is 6. The van der Waals surface area contributed by atoms with E-state index in [0.29, 0.717) is 10.6 Å². The molecule has 0 aliphatic carbocycles. The molecule has 0 aliphatic rings. The van der Waals surface area contributed by atoms with Gasteiger partial charge < -0.3 is 20.8 Å². The van der Waals surface area contributed by atoms with Crippen molar-refractivity contribution in [3.63, 3.8) is 0 Å². The minimum atomic E-state index is -0.985. The van der Waals surface area contributed by atoms with E-state index >= 15 is 0 Å². The molecule has 1 aromatic carbocycles. The lowest BCUT2D eigenvalue weighted by atomic mass is 10.1. The summed E-state index contributed by atoms with van der Waals surface area (Å²) < 4.78 is 0. The molecule has 0 aromatic heterocycles. The molecular weight excluding hydrogens is 272 g/mol. The monoisotopic (exact) mass is 286 g/mol. The number of aliphatic hydroxyl groups excluding tert-OH is 1. The number of carbonyl (C=O) groups excluding carboxylic acids is 1. The van der Waals surface area contributed by atoms with E-state index in [1.54, 1.807) is 24.3 Å². The van der Waals surface area contributed by atoms with Gasteiger partial charge in [0.25, 0.3) is 0 Å². The van der Waals surface area contributed by atoms with Gasteiger partial charge in [-0.25, -0.2) is 4.79 Å². The van der Waals surface area contributed by atoms with E-state index in [1.807, 2.05) is 0 Å². The average molecular weight is 287 g/mol. The fraction of sp³-hybridized carbons (Fsp3) is 0.333. The van der Waals surface area contributed by atoms with Gasteiger partial charge >= 0.3 is 12.0 Å². The van der Waals surface area contributed by atoms with Crippen molar-refractivity contribution in [2.75, 3.05) is 13.1 Å². The highest BCUT2D eigenvalue weighted by molar-refractivity contribution is 6.30. The van der Waals surface area contributed by atoms with E-state index in [-0.39, 0.29) is 19.5 Å². The molecular formula is C12H15ClN2O4. The number of nitrogens with one attached hydrogen (secondary N) is 2. The van der Waals surface area contributed by atoms with E-state index in [4.69, 9.17) is 16.7 Å². The Morgan fingerprint density at radius 3 is 2.42 bits per heavy atom. The minimum absolute atomic E-state index is 0.0283. The second-order valence-corrected chi connectivity index (χ2v) is 4.28. The van der Waals surface area contributed by atoms with Gasteiger partial charge in [-0.05, 0) is 17.7 Å². The van der Waals surface area contributed by atoms with Crippen LogP contribution in [0.2, 0.25) is 5.02 Å². The molecule has 0 radical (unpaired) electrons. The first-order valence-corrected chi connectivity index (χ1v) is 6.04. The molecule has 0 saturated carbocycles. The highest BCUT2D eigenvalue weighted by Crippen LogP contribution is 2.15. The molecule has 0 fully saturated rings. The zero-order valence-electron chi connectivity index (χ0n) is 10.1. The van der Waals surface area contributed by atoms with Crippen molar-refractivity contribution in [2.24, 2.45) is 0 Å². The van der Waals surface area contributed by atoms with Crippen molar-refractivity contribution in [1.29, 1.82) is 0 Å². The van der Waals surface area contributed by atoms with Crippen LogP contribution in [0, 0.1) is 0 Å². The molecule has 7 heteroatoms. The SMILES string of the molecule is O=C(O)CCNC(=O)NC[C@@H](O)c1ccc(Cl)cc1. The lowest BCUT2D eigenvalue weighted by molar-refractivity contribution is -0.136. The summed E-state index contributed by atoms with van der Waals surface area (Å²) in [6, 6.07) is 6.10. The molecule has 1 aromatic rings. The maximum absolute atomic E-state index is 11.3. The van der Waals surface area contributed by atoms with Gasteiger partial charge in [0.15, 0.2) is 0 Å². The number of halogens is 1. The summed E-state index contributed by atoms with van der Waals surface area (Å²) in [6.45, 7) is 0.0682. The number of aliphatic hydroxyl groups is 1.